The SMILES string of the molecule is C[C@H](NCC1CCOCC1)c1cccs1. The Morgan fingerprint density at radius 2 is 2.33 bits per heavy atom. The van der Waals surface area contributed by atoms with E-state index < -0.39 is 0 Å². The Morgan fingerprint density at radius 3 is 3.00 bits per heavy atom. The molecule has 1 fully saturated rings. The van der Waals surface area contributed by atoms with Crippen LogP contribution in [0.4, 0.5) is 0 Å². The lowest BCUT2D eigenvalue weighted by molar-refractivity contribution is 0.0656. The Kier molecular flexibility index (Phi) is 4.18. The molecule has 1 atom stereocenters. The molecule has 0 aromatic carbocycles. The predicted molar refractivity (Wildman–Crippen MR) is 64.3 cm³/mol. The Hall–Kier alpha value is -0.380. The molecule has 0 aliphatic carbocycles. The first-order valence-electron chi connectivity index (χ1n) is 5.71. The molecule has 0 bridgehead atoms. The molecule has 2 heterocycles. The van der Waals surface area contributed by atoms with Gasteiger partial charge in [-0.05, 0) is 43.7 Å². The molecular formula is C12H19NOS. The van der Waals surface area contributed by atoms with E-state index in [1.165, 1.54) is 17.7 Å². The minimum absolute atomic E-state index is 0.493. The van der Waals surface area contributed by atoms with Crippen molar-refractivity contribution < 1.29 is 4.74 Å². The van der Waals surface area contributed by atoms with Gasteiger partial charge in [-0.1, -0.05) is 6.07 Å². The highest BCUT2D eigenvalue weighted by molar-refractivity contribution is 7.10. The van der Waals surface area contributed by atoms with Gasteiger partial charge in [0.25, 0.3) is 0 Å². The molecule has 1 saturated heterocycles. The minimum atomic E-state index is 0.493. The monoisotopic (exact) mass is 225 g/mol. The maximum atomic E-state index is 5.35. The fourth-order valence-corrected chi connectivity index (χ4v) is 2.69. The van der Waals surface area contributed by atoms with Crippen molar-refractivity contribution in [1.82, 2.24) is 5.32 Å². The quantitative estimate of drug-likeness (QED) is 0.851. The summed E-state index contributed by atoms with van der Waals surface area (Å²) in [6.07, 6.45) is 2.42. The molecule has 84 valence electrons. The molecule has 2 rings (SSSR count). The lowest BCUT2D eigenvalue weighted by Crippen LogP contribution is -2.29. The molecule has 2 nitrogen and oxygen atoms in total. The van der Waals surface area contributed by atoms with Crippen molar-refractivity contribution in [2.24, 2.45) is 5.92 Å². The highest BCUT2D eigenvalue weighted by Crippen LogP contribution is 2.20. The van der Waals surface area contributed by atoms with Crippen LogP contribution >= 0.6 is 11.3 Å². The van der Waals surface area contributed by atoms with Crippen LogP contribution in [0, 0.1) is 5.92 Å². The zero-order valence-corrected chi connectivity index (χ0v) is 10.1. The van der Waals surface area contributed by atoms with Crippen LogP contribution in [-0.4, -0.2) is 19.8 Å². The number of hydrogen-bond donors (Lipinski definition) is 1. The number of nitrogens with one attached hydrogen (secondary N) is 1. The van der Waals surface area contributed by atoms with Crippen LogP contribution in [0.2, 0.25) is 0 Å². The van der Waals surface area contributed by atoms with E-state index in [1.54, 1.807) is 0 Å². The van der Waals surface area contributed by atoms with Gasteiger partial charge in [0, 0.05) is 24.1 Å². The van der Waals surface area contributed by atoms with Gasteiger partial charge in [-0.15, -0.1) is 11.3 Å². The van der Waals surface area contributed by atoms with Gasteiger partial charge in [-0.25, -0.2) is 0 Å². The third-order valence-electron chi connectivity index (χ3n) is 3.02. The molecule has 0 amide bonds. The molecule has 3 heteroatoms. The standard InChI is InChI=1S/C12H19NOS/c1-10(12-3-2-8-15-12)13-9-11-4-6-14-7-5-11/h2-3,8,10-11,13H,4-7,9H2,1H3/t10-/m0/s1. The lowest BCUT2D eigenvalue weighted by atomic mass is 10.00. The normalized spacial score (nSPS) is 20.3. The summed E-state index contributed by atoms with van der Waals surface area (Å²) in [4.78, 5) is 1.43. The van der Waals surface area contributed by atoms with Crippen molar-refractivity contribution in [3.05, 3.63) is 22.4 Å². The Balaban J connectivity index is 1.73. The second-order valence-electron chi connectivity index (χ2n) is 4.20. The second kappa shape index (κ2) is 5.64. The average molecular weight is 225 g/mol. The van der Waals surface area contributed by atoms with Crippen LogP contribution < -0.4 is 5.32 Å². The van der Waals surface area contributed by atoms with Crippen LogP contribution in [0.1, 0.15) is 30.7 Å². The summed E-state index contributed by atoms with van der Waals surface area (Å²) < 4.78 is 5.35. The first-order chi connectivity index (χ1) is 7.36. The first kappa shape index (κ1) is 11.1. The minimum Gasteiger partial charge on any atom is -0.381 e. The Morgan fingerprint density at radius 1 is 1.53 bits per heavy atom. The smallest absolute Gasteiger partial charge is 0.0469 e. The third kappa shape index (κ3) is 3.30. The summed E-state index contributed by atoms with van der Waals surface area (Å²) in [5.41, 5.74) is 0. The Labute approximate surface area is 95.6 Å². The predicted octanol–water partition coefficient (Wildman–Crippen LogP) is 2.83. The molecule has 1 aliphatic rings. The fourth-order valence-electron chi connectivity index (χ4n) is 1.93. The molecule has 0 spiro atoms. The van der Waals surface area contributed by atoms with E-state index in [9.17, 15) is 0 Å². The van der Waals surface area contributed by atoms with Crippen molar-refractivity contribution in [3.63, 3.8) is 0 Å². The van der Waals surface area contributed by atoms with Crippen LogP contribution in [-0.2, 0) is 4.74 Å². The molecule has 0 unspecified atom stereocenters. The molecule has 0 saturated carbocycles. The lowest BCUT2D eigenvalue weighted by Gasteiger charge is -2.24. The van der Waals surface area contributed by atoms with Crippen LogP contribution in [0.25, 0.3) is 0 Å². The van der Waals surface area contributed by atoms with E-state index in [-0.39, 0.29) is 0 Å². The van der Waals surface area contributed by atoms with Gasteiger partial charge in [0.05, 0.1) is 0 Å². The fraction of sp³-hybridized carbons (Fsp3) is 0.667. The van der Waals surface area contributed by atoms with Gasteiger partial charge in [0.2, 0.25) is 0 Å². The van der Waals surface area contributed by atoms with E-state index in [1.807, 2.05) is 11.3 Å². The van der Waals surface area contributed by atoms with Crippen molar-refractivity contribution >= 4 is 11.3 Å². The van der Waals surface area contributed by atoms with Crippen molar-refractivity contribution in [2.75, 3.05) is 19.8 Å². The van der Waals surface area contributed by atoms with Crippen molar-refractivity contribution in [1.29, 1.82) is 0 Å². The van der Waals surface area contributed by atoms with Gasteiger partial charge in [0.1, 0.15) is 0 Å². The summed E-state index contributed by atoms with van der Waals surface area (Å²) in [7, 11) is 0. The number of ether oxygens (including phenoxy) is 1. The van der Waals surface area contributed by atoms with Crippen molar-refractivity contribution in [3.8, 4) is 0 Å². The van der Waals surface area contributed by atoms with Gasteiger partial charge >= 0.3 is 0 Å². The number of thiophene rings is 1. The molecule has 15 heavy (non-hydrogen) atoms. The van der Waals surface area contributed by atoms with E-state index in [2.05, 4.69) is 29.8 Å². The summed E-state index contributed by atoms with van der Waals surface area (Å²) in [5, 5.41) is 5.75. The highest BCUT2D eigenvalue weighted by atomic mass is 32.1. The van der Waals surface area contributed by atoms with E-state index in [0.29, 0.717) is 6.04 Å². The van der Waals surface area contributed by atoms with E-state index in [0.717, 1.165) is 25.7 Å². The molecule has 1 aliphatic heterocycles. The zero-order valence-electron chi connectivity index (χ0n) is 9.24. The van der Waals surface area contributed by atoms with Gasteiger partial charge in [0.15, 0.2) is 0 Å². The molecule has 0 radical (unpaired) electrons. The topological polar surface area (TPSA) is 21.3 Å². The zero-order chi connectivity index (χ0) is 10.5. The molecule has 1 aromatic heterocycles. The summed E-state index contributed by atoms with van der Waals surface area (Å²) in [6, 6.07) is 4.81. The van der Waals surface area contributed by atoms with Crippen LogP contribution in [0.5, 0.6) is 0 Å². The summed E-state index contributed by atoms with van der Waals surface area (Å²) in [5.74, 6) is 0.807. The van der Waals surface area contributed by atoms with Gasteiger partial charge < -0.3 is 10.1 Å². The van der Waals surface area contributed by atoms with Crippen LogP contribution in [0.15, 0.2) is 17.5 Å². The largest absolute Gasteiger partial charge is 0.381 e. The Bertz CT molecular complexity index is 267. The molecule has 1 N–H and O–H groups in total. The third-order valence-corrected chi connectivity index (χ3v) is 4.08. The molecular weight excluding hydrogens is 206 g/mol. The van der Waals surface area contributed by atoms with Gasteiger partial charge in [-0.3, -0.25) is 0 Å². The van der Waals surface area contributed by atoms with Crippen molar-refractivity contribution in [2.45, 2.75) is 25.8 Å². The average Bonchev–Trinajstić information content (AvgIpc) is 2.81. The maximum Gasteiger partial charge on any atom is 0.0469 e. The summed E-state index contributed by atoms with van der Waals surface area (Å²) >= 11 is 1.83. The maximum absolute atomic E-state index is 5.35. The van der Waals surface area contributed by atoms with Crippen LogP contribution in [0.3, 0.4) is 0 Å². The summed E-state index contributed by atoms with van der Waals surface area (Å²) in [6.45, 7) is 5.26. The van der Waals surface area contributed by atoms with E-state index >= 15 is 0 Å². The van der Waals surface area contributed by atoms with E-state index in [4.69, 9.17) is 4.74 Å². The van der Waals surface area contributed by atoms with Gasteiger partial charge in [-0.2, -0.15) is 0 Å². The number of hydrogen-bond acceptors (Lipinski definition) is 3. The second-order valence-corrected chi connectivity index (χ2v) is 5.18. The molecule has 1 aromatic rings. The number of rotatable bonds is 4. The highest BCUT2D eigenvalue weighted by Gasteiger charge is 2.15. The first-order valence-corrected chi connectivity index (χ1v) is 6.59.